The second-order valence-electron chi connectivity index (χ2n) is 16.1. The third-order valence-electron chi connectivity index (χ3n) is 10.3. The van der Waals surface area contributed by atoms with Gasteiger partial charge in [-0.1, -0.05) is 50.4 Å². The fourth-order valence-corrected chi connectivity index (χ4v) is 6.93. The van der Waals surface area contributed by atoms with E-state index in [2.05, 4.69) is 47.4 Å². The van der Waals surface area contributed by atoms with E-state index in [1.54, 1.807) is 31.6 Å². The molecule has 8 rings (SSSR count). The summed E-state index contributed by atoms with van der Waals surface area (Å²) in [4.78, 5) is 51.6. The van der Waals surface area contributed by atoms with Crippen LogP contribution in [0.2, 0.25) is 0 Å². The SMILES string of the molecule is C.C=CC(=O)Nc1cc(Nc2nccc(-c3c[nH]c4ccccc34)n2)c(OC)cc1OCCN(C)C.CCF.CCF.COc1cc(OCCN(C)C)c([N+](=O)[O-])cc1Nc1nccc(-c2c[nH]c3ccccc23)n1. The number of H-pyrrole nitrogens is 2. The molecule has 21 heteroatoms. The van der Waals surface area contributed by atoms with Gasteiger partial charge in [0.2, 0.25) is 23.6 Å². The van der Waals surface area contributed by atoms with Crippen LogP contribution in [-0.4, -0.2) is 133 Å². The summed E-state index contributed by atoms with van der Waals surface area (Å²) in [6.45, 7) is 8.02. The second kappa shape index (κ2) is 29.7. The van der Waals surface area contributed by atoms with Crippen molar-refractivity contribution in [2.45, 2.75) is 21.3 Å². The maximum absolute atomic E-state index is 12.1. The molecule has 0 saturated carbocycles. The van der Waals surface area contributed by atoms with E-state index >= 15 is 0 Å². The van der Waals surface area contributed by atoms with Gasteiger partial charge in [-0.15, -0.1) is 0 Å². The quantitative estimate of drug-likeness (QED) is 0.0289. The summed E-state index contributed by atoms with van der Waals surface area (Å²) in [5, 5.41) is 22.8. The molecule has 1 amide bonds. The lowest BCUT2D eigenvalue weighted by atomic mass is 10.1. The molecule has 398 valence electrons. The first-order chi connectivity index (χ1) is 35.8. The van der Waals surface area contributed by atoms with Crippen molar-refractivity contribution >= 4 is 62.4 Å². The van der Waals surface area contributed by atoms with Crippen molar-refractivity contribution in [3.05, 3.63) is 132 Å². The highest BCUT2D eigenvalue weighted by molar-refractivity contribution is 6.01. The van der Waals surface area contributed by atoms with Crippen LogP contribution in [0, 0.1) is 10.1 Å². The molecule has 4 aromatic heterocycles. The number of ether oxygens (including phenoxy) is 4. The van der Waals surface area contributed by atoms with Gasteiger partial charge in [0.25, 0.3) is 0 Å². The van der Waals surface area contributed by atoms with Crippen LogP contribution in [0.25, 0.3) is 44.3 Å². The molecule has 0 aliphatic rings. The lowest BCUT2D eigenvalue weighted by Gasteiger charge is -2.18. The predicted molar refractivity (Wildman–Crippen MR) is 295 cm³/mol. The van der Waals surface area contributed by atoms with Crippen LogP contribution >= 0.6 is 0 Å². The number of likely N-dealkylation sites (N-methyl/N-ethyl adjacent to an activating group) is 2. The number of aromatic amines is 2. The minimum atomic E-state index is -0.487. The summed E-state index contributed by atoms with van der Waals surface area (Å²) in [6, 6.07) is 26.0. The Morgan fingerprint density at radius 3 is 1.57 bits per heavy atom. The largest absolute Gasteiger partial charge is 0.494 e. The average Bonchev–Trinajstić information content (AvgIpc) is 4.03. The smallest absolute Gasteiger partial charge is 0.313 e. The summed E-state index contributed by atoms with van der Waals surface area (Å²) in [7, 11) is 10.8. The Morgan fingerprint density at radius 2 is 1.13 bits per heavy atom. The van der Waals surface area contributed by atoms with Gasteiger partial charge in [0.15, 0.2) is 0 Å². The lowest BCUT2D eigenvalue weighted by molar-refractivity contribution is -0.385. The molecule has 4 heterocycles. The molecule has 0 atom stereocenters. The monoisotopic (exact) mass is 1030 g/mol. The summed E-state index contributed by atoms with van der Waals surface area (Å²) in [5.41, 5.74) is 6.65. The van der Waals surface area contributed by atoms with Crippen molar-refractivity contribution in [3.8, 4) is 45.5 Å². The van der Waals surface area contributed by atoms with Crippen LogP contribution in [-0.2, 0) is 4.79 Å². The number of nitrogens with zero attached hydrogens (tertiary/aromatic N) is 7. The minimum Gasteiger partial charge on any atom is -0.494 e. The van der Waals surface area contributed by atoms with Gasteiger partial charge in [0.05, 0.1) is 60.9 Å². The number of benzene rings is 4. The molecule has 4 aromatic carbocycles. The average molecular weight is 1030 g/mol. The van der Waals surface area contributed by atoms with E-state index in [4.69, 9.17) is 23.9 Å². The van der Waals surface area contributed by atoms with E-state index in [1.807, 2.05) is 111 Å². The summed E-state index contributed by atoms with van der Waals surface area (Å²) in [5.74, 6) is 1.83. The first kappa shape index (κ1) is 58.9. The third-order valence-corrected chi connectivity index (χ3v) is 10.3. The Labute approximate surface area is 435 Å². The molecule has 19 nitrogen and oxygen atoms in total. The number of nitro benzene ring substituents is 1. The number of carbonyl (C=O) groups is 1. The number of methoxy groups -OCH3 is 2. The number of anilines is 5. The van der Waals surface area contributed by atoms with E-state index < -0.39 is 4.92 Å². The van der Waals surface area contributed by atoms with Gasteiger partial charge in [0, 0.05) is 89.0 Å². The first-order valence-corrected chi connectivity index (χ1v) is 23.3. The Hall–Kier alpha value is -8.69. The number of nitro groups is 1. The van der Waals surface area contributed by atoms with Gasteiger partial charge < -0.3 is 54.7 Å². The Bertz CT molecular complexity index is 3090. The zero-order chi connectivity index (χ0) is 53.6. The highest BCUT2D eigenvalue weighted by atomic mass is 19.1. The third kappa shape index (κ3) is 16.7. The topological polar surface area (TPSA) is 223 Å². The van der Waals surface area contributed by atoms with Crippen molar-refractivity contribution in [2.75, 3.05) is 98.0 Å². The normalized spacial score (nSPS) is 10.4. The number of halogens is 2. The molecular weight excluding hydrogens is 967 g/mol. The fraction of sp³-hybridized carbons (Fsp3) is 0.278. The van der Waals surface area contributed by atoms with Crippen LogP contribution < -0.4 is 34.9 Å². The first-order valence-electron chi connectivity index (χ1n) is 23.3. The number of hydrogen-bond donors (Lipinski definition) is 5. The van der Waals surface area contributed by atoms with E-state index in [-0.39, 0.29) is 44.1 Å². The Kier molecular flexibility index (Phi) is 23.3. The summed E-state index contributed by atoms with van der Waals surface area (Å²) >= 11 is 0. The zero-order valence-corrected chi connectivity index (χ0v) is 42.7. The Morgan fingerprint density at radius 1 is 0.693 bits per heavy atom. The lowest BCUT2D eigenvalue weighted by Crippen LogP contribution is -2.20. The molecule has 0 bridgehead atoms. The summed E-state index contributed by atoms with van der Waals surface area (Å²) < 4.78 is 43.2. The number of aromatic nitrogens is 6. The molecule has 0 radical (unpaired) electrons. The molecule has 0 saturated heterocycles. The van der Waals surface area contributed by atoms with Gasteiger partial charge in [-0.25, -0.2) is 19.9 Å². The molecule has 8 aromatic rings. The van der Waals surface area contributed by atoms with Crippen molar-refractivity contribution in [1.29, 1.82) is 0 Å². The van der Waals surface area contributed by atoms with Crippen LogP contribution in [0.5, 0.6) is 23.0 Å². The number of rotatable bonds is 19. The van der Waals surface area contributed by atoms with Crippen LogP contribution in [0.15, 0.2) is 122 Å². The van der Waals surface area contributed by atoms with E-state index in [9.17, 15) is 23.7 Å². The van der Waals surface area contributed by atoms with Crippen molar-refractivity contribution in [1.82, 2.24) is 39.7 Å². The van der Waals surface area contributed by atoms with E-state index in [1.165, 1.54) is 39.2 Å². The maximum atomic E-state index is 12.1. The number of hydrogen-bond acceptors (Lipinski definition) is 15. The number of fused-ring (bicyclic) bond motifs is 2. The van der Waals surface area contributed by atoms with E-state index in [0.717, 1.165) is 38.6 Å². The van der Waals surface area contributed by atoms with E-state index in [0.29, 0.717) is 72.3 Å². The minimum absolute atomic E-state index is 0. The van der Waals surface area contributed by atoms with Crippen LogP contribution in [0.1, 0.15) is 21.3 Å². The number of amides is 1. The number of nitrogens with one attached hydrogen (secondary N) is 5. The summed E-state index contributed by atoms with van der Waals surface area (Å²) in [6.07, 6.45) is 8.35. The highest BCUT2D eigenvalue weighted by Crippen LogP contribution is 2.40. The number of alkyl halides is 2. The predicted octanol–water partition coefficient (Wildman–Crippen LogP) is 11.3. The van der Waals surface area contributed by atoms with Gasteiger partial charge in [-0.2, -0.15) is 0 Å². The van der Waals surface area contributed by atoms with Gasteiger partial charge >= 0.3 is 5.69 Å². The highest BCUT2D eigenvalue weighted by Gasteiger charge is 2.22. The number of para-hydroxylation sites is 2. The van der Waals surface area contributed by atoms with Crippen molar-refractivity contribution in [2.24, 2.45) is 0 Å². The Balaban J connectivity index is 0.000000291. The molecule has 0 fully saturated rings. The molecule has 5 N–H and O–H groups in total. The van der Waals surface area contributed by atoms with Gasteiger partial charge in [-0.05, 0) is 78.4 Å². The molecule has 0 aliphatic heterocycles. The van der Waals surface area contributed by atoms with Crippen LogP contribution in [0.3, 0.4) is 0 Å². The molecular formula is C54H66F2N12O7. The van der Waals surface area contributed by atoms with Crippen molar-refractivity contribution < 1.29 is 37.4 Å². The van der Waals surface area contributed by atoms with Gasteiger partial charge in [0.1, 0.15) is 30.5 Å². The van der Waals surface area contributed by atoms with Crippen LogP contribution in [0.4, 0.5) is 43.4 Å². The van der Waals surface area contributed by atoms with Gasteiger partial charge in [-0.3, -0.25) is 23.7 Å². The molecule has 75 heavy (non-hydrogen) atoms. The second-order valence-corrected chi connectivity index (χ2v) is 16.1. The zero-order valence-electron chi connectivity index (χ0n) is 42.7. The van der Waals surface area contributed by atoms with Crippen molar-refractivity contribution in [3.63, 3.8) is 0 Å². The molecule has 0 unspecified atom stereocenters. The fourth-order valence-electron chi connectivity index (χ4n) is 6.93. The number of carbonyl (C=O) groups excluding carboxylic acids is 1. The maximum Gasteiger partial charge on any atom is 0.313 e. The molecule has 0 aliphatic carbocycles. The molecule has 0 spiro atoms. The standard InChI is InChI=1S/C26H28N6O3.C23H24N6O4.2C2H5F.CH4/c1-5-25(33)29-22-14-21(23(34-4)15-24(22)35-13-12-32(2)3)31-26-27-11-10-20(30-26)18-16-28-19-9-7-6-8-17(18)19;1-28(2)10-11-33-22-13-21(32-3)19(12-20(22)29(30)31)27-23-24-9-8-18(26-23)16-14-25-17-7-5-4-6-15(16)17;2*1-2-3;/h5-11,14-16,28H,1,12-13H2,2-4H3,(H,29,33)(H,27,30,31);4-9,12-14,25H,10-11H2,1-3H3,(H,24,26,27);2*2H2,1H3;1H4.